The minimum absolute atomic E-state index is 0.0995. The van der Waals surface area contributed by atoms with Gasteiger partial charge in [0.1, 0.15) is 0 Å². The van der Waals surface area contributed by atoms with E-state index in [1.54, 1.807) is 55.4 Å². The van der Waals surface area contributed by atoms with Crippen LogP contribution in [0.4, 0.5) is 0 Å². The van der Waals surface area contributed by atoms with E-state index >= 15 is 0 Å². The van der Waals surface area contributed by atoms with Crippen LogP contribution in [-0.4, -0.2) is 60.8 Å². The van der Waals surface area contributed by atoms with Crippen LogP contribution in [0.25, 0.3) is 6.08 Å². The summed E-state index contributed by atoms with van der Waals surface area (Å²) in [5.74, 6) is -1.39. The van der Waals surface area contributed by atoms with E-state index in [2.05, 4.69) is 18.7 Å². The predicted molar refractivity (Wildman–Crippen MR) is 156 cm³/mol. The number of aromatic hydroxyl groups is 1. The van der Waals surface area contributed by atoms with Gasteiger partial charge >= 0.3 is 11.9 Å². The maximum atomic E-state index is 13.2. The summed E-state index contributed by atoms with van der Waals surface area (Å²) in [6, 6.07) is 10.7. The minimum Gasteiger partial charge on any atom is -0.504 e. The number of halogens is 1. The minimum atomic E-state index is -0.732. The summed E-state index contributed by atoms with van der Waals surface area (Å²) < 4.78 is 16.0. The fourth-order valence-electron chi connectivity index (χ4n) is 4.69. The Morgan fingerprint density at radius 3 is 2.42 bits per heavy atom. The highest BCUT2D eigenvalue weighted by Gasteiger charge is 2.37. The first-order valence-electron chi connectivity index (χ1n) is 13.2. The summed E-state index contributed by atoms with van der Waals surface area (Å²) in [4.78, 5) is 30.2. The van der Waals surface area contributed by atoms with E-state index in [0.717, 1.165) is 24.2 Å². The second-order valence-electron chi connectivity index (χ2n) is 9.20. The SMILES string of the molecule is CCOC(=O)C1=CN(C=Cc2cc(CN(CC)CC)c(O)c(OC)c2)C(C)=C(C(=O)OC)C1c1cccc(Cl)c1. The van der Waals surface area contributed by atoms with Gasteiger partial charge in [0.15, 0.2) is 11.5 Å². The van der Waals surface area contributed by atoms with Crippen LogP contribution in [0.5, 0.6) is 11.5 Å². The van der Waals surface area contributed by atoms with Crippen molar-refractivity contribution in [1.29, 1.82) is 0 Å². The molecule has 2 aromatic rings. The summed E-state index contributed by atoms with van der Waals surface area (Å²) in [6.45, 7) is 10.0. The fourth-order valence-corrected chi connectivity index (χ4v) is 4.89. The maximum Gasteiger partial charge on any atom is 0.336 e. The highest BCUT2D eigenvalue weighted by molar-refractivity contribution is 6.30. The van der Waals surface area contributed by atoms with Crippen LogP contribution >= 0.6 is 11.6 Å². The number of ether oxygens (including phenoxy) is 3. The molecular weight excluding hydrogens is 532 g/mol. The number of methoxy groups -OCH3 is 2. The monoisotopic (exact) mass is 568 g/mol. The van der Waals surface area contributed by atoms with Crippen molar-refractivity contribution >= 4 is 29.6 Å². The highest BCUT2D eigenvalue weighted by Crippen LogP contribution is 2.41. The molecule has 9 heteroatoms. The van der Waals surface area contributed by atoms with Crippen molar-refractivity contribution < 1.29 is 28.9 Å². The van der Waals surface area contributed by atoms with Gasteiger partial charge in [-0.05, 0) is 68.4 Å². The topological polar surface area (TPSA) is 88.5 Å². The molecule has 0 amide bonds. The highest BCUT2D eigenvalue weighted by atomic mass is 35.5. The third-order valence-electron chi connectivity index (χ3n) is 6.87. The van der Waals surface area contributed by atoms with Crippen molar-refractivity contribution in [3.63, 3.8) is 0 Å². The number of hydrogen-bond donors (Lipinski definition) is 1. The molecule has 3 rings (SSSR count). The summed E-state index contributed by atoms with van der Waals surface area (Å²) in [6.07, 6.45) is 5.24. The Morgan fingerprint density at radius 2 is 1.82 bits per heavy atom. The van der Waals surface area contributed by atoms with Crippen molar-refractivity contribution in [2.45, 2.75) is 40.2 Å². The Bertz CT molecular complexity index is 1330. The zero-order valence-electron chi connectivity index (χ0n) is 23.9. The molecule has 0 aliphatic carbocycles. The second-order valence-corrected chi connectivity index (χ2v) is 9.64. The van der Waals surface area contributed by atoms with Gasteiger partial charge in [-0.15, -0.1) is 0 Å². The Hall–Kier alpha value is -3.75. The Balaban J connectivity index is 2.13. The molecule has 0 spiro atoms. The number of esters is 2. The predicted octanol–water partition coefficient (Wildman–Crippen LogP) is 5.86. The first kappa shape index (κ1) is 30.8. The molecule has 40 heavy (non-hydrogen) atoms. The van der Waals surface area contributed by atoms with E-state index in [0.29, 0.717) is 34.2 Å². The van der Waals surface area contributed by atoms with E-state index in [-0.39, 0.29) is 17.9 Å². The number of allylic oxidation sites excluding steroid dienone is 1. The Labute approximate surface area is 241 Å². The van der Waals surface area contributed by atoms with Crippen LogP contribution < -0.4 is 4.74 Å². The van der Waals surface area contributed by atoms with E-state index in [1.165, 1.54) is 14.2 Å². The van der Waals surface area contributed by atoms with Crippen molar-refractivity contribution in [2.75, 3.05) is 33.9 Å². The van der Waals surface area contributed by atoms with E-state index in [4.69, 9.17) is 25.8 Å². The lowest BCUT2D eigenvalue weighted by atomic mass is 9.81. The second kappa shape index (κ2) is 14.1. The number of carbonyl (C=O) groups is 2. The molecule has 8 nitrogen and oxygen atoms in total. The lowest BCUT2D eigenvalue weighted by molar-refractivity contribution is -0.139. The zero-order chi connectivity index (χ0) is 29.4. The average molecular weight is 569 g/mol. The van der Waals surface area contributed by atoms with Crippen LogP contribution in [0.3, 0.4) is 0 Å². The van der Waals surface area contributed by atoms with Crippen LogP contribution in [-0.2, 0) is 25.6 Å². The summed E-state index contributed by atoms with van der Waals surface area (Å²) in [7, 11) is 2.81. The third-order valence-corrected chi connectivity index (χ3v) is 7.10. The molecule has 0 radical (unpaired) electrons. The van der Waals surface area contributed by atoms with Gasteiger partial charge in [-0.3, -0.25) is 4.90 Å². The molecule has 1 aliphatic heterocycles. The van der Waals surface area contributed by atoms with Gasteiger partial charge in [0.25, 0.3) is 0 Å². The number of phenolic OH excluding ortho intramolecular Hbond substituents is 1. The van der Waals surface area contributed by atoms with Crippen molar-refractivity contribution in [2.24, 2.45) is 0 Å². The molecule has 1 N–H and O–H groups in total. The van der Waals surface area contributed by atoms with E-state index in [9.17, 15) is 14.7 Å². The molecule has 0 fully saturated rings. The molecule has 1 aliphatic rings. The first-order chi connectivity index (χ1) is 19.2. The quantitative estimate of drug-likeness (QED) is 0.337. The molecular formula is C31H37ClN2O6. The van der Waals surface area contributed by atoms with E-state index in [1.807, 2.05) is 18.2 Å². The van der Waals surface area contributed by atoms with E-state index < -0.39 is 17.9 Å². The van der Waals surface area contributed by atoms with Crippen molar-refractivity contribution in [3.8, 4) is 11.5 Å². The van der Waals surface area contributed by atoms with Crippen LogP contribution in [0.15, 0.2) is 65.6 Å². The largest absolute Gasteiger partial charge is 0.504 e. The molecule has 1 atom stereocenters. The van der Waals surface area contributed by atoms with Gasteiger partial charge in [0.05, 0.1) is 37.9 Å². The lowest BCUT2D eigenvalue weighted by Crippen LogP contribution is -2.30. The molecule has 2 aromatic carbocycles. The lowest BCUT2D eigenvalue weighted by Gasteiger charge is -2.32. The Kier molecular flexibility index (Phi) is 10.8. The van der Waals surface area contributed by atoms with Gasteiger partial charge < -0.3 is 24.2 Å². The molecule has 214 valence electrons. The Morgan fingerprint density at radius 1 is 1.10 bits per heavy atom. The van der Waals surface area contributed by atoms with Crippen molar-refractivity contribution in [3.05, 3.63) is 87.4 Å². The van der Waals surface area contributed by atoms with Crippen LogP contribution in [0.1, 0.15) is 50.3 Å². The zero-order valence-corrected chi connectivity index (χ0v) is 24.6. The van der Waals surface area contributed by atoms with Gasteiger partial charge in [0, 0.05) is 35.2 Å². The van der Waals surface area contributed by atoms with Gasteiger partial charge in [-0.1, -0.05) is 37.6 Å². The van der Waals surface area contributed by atoms with Crippen LogP contribution in [0.2, 0.25) is 5.02 Å². The standard InChI is InChI=1S/C31H37ClN2O6/c1-7-33(8-2)18-23-15-21(16-26(38-5)29(23)35)13-14-34-19-25(30(36)40-9-3)28(22-11-10-12-24(32)17-22)27(20(34)4)31(37)39-6/h10-17,19,28,35H,7-9,18H2,1-6H3. The third kappa shape index (κ3) is 6.87. The van der Waals surface area contributed by atoms with Crippen LogP contribution in [0, 0.1) is 0 Å². The molecule has 0 saturated heterocycles. The summed E-state index contributed by atoms with van der Waals surface area (Å²) in [5.41, 5.74) is 3.31. The molecule has 0 saturated carbocycles. The summed E-state index contributed by atoms with van der Waals surface area (Å²) >= 11 is 6.27. The number of carbonyl (C=O) groups excluding carboxylic acids is 2. The number of hydrogen-bond acceptors (Lipinski definition) is 8. The smallest absolute Gasteiger partial charge is 0.336 e. The molecule has 0 aromatic heterocycles. The number of nitrogens with zero attached hydrogens (tertiary/aromatic N) is 2. The fraction of sp³-hybridized carbons (Fsp3) is 0.355. The van der Waals surface area contributed by atoms with Gasteiger partial charge in [0.2, 0.25) is 0 Å². The molecule has 0 bridgehead atoms. The van der Waals surface area contributed by atoms with Gasteiger partial charge in [-0.2, -0.15) is 0 Å². The maximum absolute atomic E-state index is 13.2. The number of rotatable bonds is 11. The van der Waals surface area contributed by atoms with Crippen molar-refractivity contribution in [1.82, 2.24) is 9.80 Å². The number of phenols is 1. The molecule has 1 heterocycles. The molecule has 1 unspecified atom stereocenters. The summed E-state index contributed by atoms with van der Waals surface area (Å²) in [5, 5.41) is 11.2. The first-order valence-corrected chi connectivity index (χ1v) is 13.6. The normalized spacial score (nSPS) is 15.4. The van der Waals surface area contributed by atoms with Gasteiger partial charge in [-0.25, -0.2) is 9.59 Å². The number of benzene rings is 2. The average Bonchev–Trinajstić information content (AvgIpc) is 2.95.